The van der Waals surface area contributed by atoms with E-state index in [2.05, 4.69) is 16.9 Å². The van der Waals surface area contributed by atoms with Crippen molar-refractivity contribution in [3.63, 3.8) is 0 Å². The van der Waals surface area contributed by atoms with Gasteiger partial charge in [0.15, 0.2) is 0 Å². The molecule has 0 unspecified atom stereocenters. The molecule has 1 saturated heterocycles. The standard InChI is InChI=1S/C17H22N4O2/c1-2-11-23-15-5-8-20(9-6-15)17(22)14-3-4-16(19-12-14)21-10-7-18-13-21/h3-4,7,10,12-13,15H,2,5-6,8-9,11H2,1H3. The van der Waals surface area contributed by atoms with E-state index in [-0.39, 0.29) is 5.91 Å². The third-order valence-corrected chi connectivity index (χ3v) is 4.05. The topological polar surface area (TPSA) is 60.2 Å². The second-order valence-corrected chi connectivity index (χ2v) is 5.74. The highest BCUT2D eigenvalue weighted by Crippen LogP contribution is 2.17. The van der Waals surface area contributed by atoms with Gasteiger partial charge in [-0.3, -0.25) is 9.36 Å². The molecule has 0 aliphatic carbocycles. The lowest BCUT2D eigenvalue weighted by Crippen LogP contribution is -2.41. The molecule has 0 saturated carbocycles. The highest BCUT2D eigenvalue weighted by atomic mass is 16.5. The Labute approximate surface area is 136 Å². The average Bonchev–Trinajstić information content (AvgIpc) is 3.14. The molecular weight excluding hydrogens is 292 g/mol. The maximum Gasteiger partial charge on any atom is 0.255 e. The van der Waals surface area contributed by atoms with E-state index in [0.717, 1.165) is 44.8 Å². The van der Waals surface area contributed by atoms with E-state index < -0.39 is 0 Å². The van der Waals surface area contributed by atoms with Crippen LogP contribution < -0.4 is 0 Å². The van der Waals surface area contributed by atoms with Crippen LogP contribution in [0.2, 0.25) is 0 Å². The van der Waals surface area contributed by atoms with E-state index in [4.69, 9.17) is 4.74 Å². The fourth-order valence-electron chi connectivity index (χ4n) is 2.75. The van der Waals surface area contributed by atoms with Gasteiger partial charge in [-0.25, -0.2) is 9.97 Å². The van der Waals surface area contributed by atoms with Gasteiger partial charge in [0.1, 0.15) is 12.1 Å². The van der Waals surface area contributed by atoms with Crippen LogP contribution >= 0.6 is 0 Å². The first-order valence-corrected chi connectivity index (χ1v) is 8.13. The summed E-state index contributed by atoms with van der Waals surface area (Å²) in [6.07, 6.45) is 9.99. The molecule has 3 heterocycles. The van der Waals surface area contributed by atoms with E-state index in [1.807, 2.05) is 27.8 Å². The number of carbonyl (C=O) groups excluding carboxylic acids is 1. The van der Waals surface area contributed by atoms with Gasteiger partial charge < -0.3 is 9.64 Å². The number of amides is 1. The Bertz CT molecular complexity index is 617. The van der Waals surface area contributed by atoms with Gasteiger partial charge in [0.2, 0.25) is 0 Å². The summed E-state index contributed by atoms with van der Waals surface area (Å²) < 4.78 is 7.57. The third kappa shape index (κ3) is 3.76. The molecule has 1 amide bonds. The van der Waals surface area contributed by atoms with Crippen molar-refractivity contribution < 1.29 is 9.53 Å². The minimum atomic E-state index is 0.0450. The molecule has 0 radical (unpaired) electrons. The van der Waals surface area contributed by atoms with Crippen LogP contribution in [0.3, 0.4) is 0 Å². The van der Waals surface area contributed by atoms with Crippen molar-refractivity contribution in [2.75, 3.05) is 19.7 Å². The van der Waals surface area contributed by atoms with E-state index in [1.165, 1.54) is 0 Å². The van der Waals surface area contributed by atoms with Crippen molar-refractivity contribution in [3.8, 4) is 5.82 Å². The summed E-state index contributed by atoms with van der Waals surface area (Å²) in [5.41, 5.74) is 0.627. The number of hydrogen-bond acceptors (Lipinski definition) is 4. The van der Waals surface area contributed by atoms with Gasteiger partial charge in [-0.2, -0.15) is 0 Å². The van der Waals surface area contributed by atoms with Gasteiger partial charge in [0.05, 0.1) is 11.7 Å². The van der Waals surface area contributed by atoms with Gasteiger partial charge in [0.25, 0.3) is 5.91 Å². The molecule has 1 fully saturated rings. The summed E-state index contributed by atoms with van der Waals surface area (Å²) in [5, 5.41) is 0. The molecule has 0 aromatic carbocycles. The molecule has 2 aromatic heterocycles. The van der Waals surface area contributed by atoms with Crippen molar-refractivity contribution >= 4 is 5.91 Å². The molecule has 0 spiro atoms. The van der Waals surface area contributed by atoms with Crippen LogP contribution in [-0.4, -0.2) is 51.1 Å². The fraction of sp³-hybridized carbons (Fsp3) is 0.471. The smallest absolute Gasteiger partial charge is 0.255 e. The maximum absolute atomic E-state index is 12.5. The molecular formula is C17H22N4O2. The Kier molecular flexibility index (Phi) is 5.02. The van der Waals surface area contributed by atoms with Crippen LogP contribution in [0.5, 0.6) is 0 Å². The van der Waals surface area contributed by atoms with Gasteiger partial charge >= 0.3 is 0 Å². The Morgan fingerprint density at radius 1 is 1.35 bits per heavy atom. The molecule has 122 valence electrons. The maximum atomic E-state index is 12.5. The lowest BCUT2D eigenvalue weighted by Gasteiger charge is -2.32. The number of likely N-dealkylation sites (tertiary alicyclic amines) is 1. The Balaban J connectivity index is 1.58. The summed E-state index contributed by atoms with van der Waals surface area (Å²) in [4.78, 5) is 22.8. The first-order chi connectivity index (χ1) is 11.3. The fourth-order valence-corrected chi connectivity index (χ4v) is 2.75. The van der Waals surface area contributed by atoms with Crippen molar-refractivity contribution in [1.82, 2.24) is 19.4 Å². The Morgan fingerprint density at radius 3 is 2.78 bits per heavy atom. The number of piperidine rings is 1. The van der Waals surface area contributed by atoms with Crippen LogP contribution in [0.4, 0.5) is 0 Å². The van der Waals surface area contributed by atoms with Crippen molar-refractivity contribution in [3.05, 3.63) is 42.6 Å². The Morgan fingerprint density at radius 2 is 2.17 bits per heavy atom. The van der Waals surface area contributed by atoms with Gasteiger partial charge in [-0.1, -0.05) is 6.92 Å². The number of imidazole rings is 1. The molecule has 1 aliphatic heterocycles. The zero-order valence-corrected chi connectivity index (χ0v) is 13.4. The van der Waals surface area contributed by atoms with E-state index >= 15 is 0 Å². The average molecular weight is 314 g/mol. The monoisotopic (exact) mass is 314 g/mol. The minimum Gasteiger partial charge on any atom is -0.378 e. The normalized spacial score (nSPS) is 15.8. The number of hydrogen-bond donors (Lipinski definition) is 0. The van der Waals surface area contributed by atoms with Crippen LogP contribution in [-0.2, 0) is 4.74 Å². The Hall–Kier alpha value is -2.21. The third-order valence-electron chi connectivity index (χ3n) is 4.05. The van der Waals surface area contributed by atoms with Crippen LogP contribution in [0.25, 0.3) is 5.82 Å². The van der Waals surface area contributed by atoms with E-state index in [9.17, 15) is 4.79 Å². The molecule has 0 bridgehead atoms. The van der Waals surface area contributed by atoms with Crippen molar-refractivity contribution in [2.24, 2.45) is 0 Å². The molecule has 0 N–H and O–H groups in total. The molecule has 3 rings (SSSR count). The van der Waals surface area contributed by atoms with E-state index in [0.29, 0.717) is 11.7 Å². The predicted molar refractivity (Wildman–Crippen MR) is 86.5 cm³/mol. The summed E-state index contributed by atoms with van der Waals surface area (Å²) in [6.45, 7) is 4.41. The van der Waals surface area contributed by atoms with Gasteiger partial charge in [0, 0.05) is 38.3 Å². The molecule has 2 aromatic rings. The van der Waals surface area contributed by atoms with E-state index in [1.54, 1.807) is 18.7 Å². The first kappa shape index (κ1) is 15.7. The number of pyridine rings is 1. The second-order valence-electron chi connectivity index (χ2n) is 5.74. The summed E-state index contributed by atoms with van der Waals surface area (Å²) in [7, 11) is 0. The largest absolute Gasteiger partial charge is 0.378 e. The quantitative estimate of drug-likeness (QED) is 0.849. The summed E-state index contributed by atoms with van der Waals surface area (Å²) in [5.74, 6) is 0.800. The highest BCUT2D eigenvalue weighted by molar-refractivity contribution is 5.94. The summed E-state index contributed by atoms with van der Waals surface area (Å²) >= 11 is 0. The summed E-state index contributed by atoms with van der Waals surface area (Å²) in [6, 6.07) is 3.66. The zero-order valence-electron chi connectivity index (χ0n) is 13.4. The predicted octanol–water partition coefficient (Wildman–Crippen LogP) is 2.30. The number of nitrogens with zero attached hydrogens (tertiary/aromatic N) is 4. The number of aromatic nitrogens is 3. The lowest BCUT2D eigenvalue weighted by molar-refractivity contribution is 0.00900. The van der Waals surface area contributed by atoms with Gasteiger partial charge in [-0.15, -0.1) is 0 Å². The number of rotatable bonds is 5. The first-order valence-electron chi connectivity index (χ1n) is 8.13. The molecule has 6 heteroatoms. The number of carbonyl (C=O) groups is 1. The molecule has 1 aliphatic rings. The minimum absolute atomic E-state index is 0.0450. The lowest BCUT2D eigenvalue weighted by atomic mass is 10.1. The van der Waals surface area contributed by atoms with Crippen molar-refractivity contribution in [2.45, 2.75) is 32.3 Å². The van der Waals surface area contributed by atoms with Crippen LogP contribution in [0, 0.1) is 0 Å². The highest BCUT2D eigenvalue weighted by Gasteiger charge is 2.24. The van der Waals surface area contributed by atoms with Crippen LogP contribution in [0.1, 0.15) is 36.5 Å². The SMILES string of the molecule is CCCOC1CCN(C(=O)c2ccc(-n3ccnc3)nc2)CC1. The molecule has 23 heavy (non-hydrogen) atoms. The molecule has 6 nitrogen and oxygen atoms in total. The zero-order chi connectivity index (χ0) is 16.1. The number of ether oxygens (including phenoxy) is 1. The van der Waals surface area contributed by atoms with Crippen LogP contribution in [0.15, 0.2) is 37.1 Å². The van der Waals surface area contributed by atoms with Gasteiger partial charge in [-0.05, 0) is 31.4 Å². The second kappa shape index (κ2) is 7.37. The van der Waals surface area contributed by atoms with Crippen molar-refractivity contribution in [1.29, 1.82) is 0 Å². The molecule has 0 atom stereocenters.